The van der Waals surface area contributed by atoms with E-state index in [-0.39, 0.29) is 33.5 Å². The SMILES string of the molecule is CC1[C@H](C)N(C(=O)c2ccc([S+]([O-])CC(=O)c3ccc(F)c(C(F)(F)F)c3)c(Cl)c2)CCN1c1cccc(Cl)c1. The van der Waals surface area contributed by atoms with E-state index in [2.05, 4.69) is 4.90 Å². The molecule has 1 fully saturated rings. The number of carbonyl (C=O) groups is 2. The molecule has 0 aromatic heterocycles. The summed E-state index contributed by atoms with van der Waals surface area (Å²) in [4.78, 5) is 29.8. The molecule has 0 N–H and O–H groups in total. The standard InChI is InChI=1S/C28H24Cl2F4N2O3S/c1-16-17(2)36(11-10-35(16)21-5-3-4-20(29)14-21)27(38)19-7-9-26(23(30)13-19)40(39)15-25(37)18-6-8-24(31)22(12-18)28(32,33)34/h3-9,12-14,16-17H,10-11,15H2,1-2H3/t16?,17-,40?/m0/s1. The van der Waals surface area contributed by atoms with Gasteiger partial charge in [0.25, 0.3) is 5.91 Å². The maximum absolute atomic E-state index is 13.6. The minimum atomic E-state index is -4.98. The highest BCUT2D eigenvalue weighted by Crippen LogP contribution is 2.33. The first kappa shape index (κ1) is 30.2. The van der Waals surface area contributed by atoms with Crippen LogP contribution in [0.5, 0.6) is 0 Å². The van der Waals surface area contributed by atoms with E-state index < -0.39 is 45.8 Å². The molecule has 0 aliphatic carbocycles. The Bertz CT molecular complexity index is 1440. The van der Waals surface area contributed by atoms with E-state index in [1.54, 1.807) is 11.0 Å². The van der Waals surface area contributed by atoms with E-state index in [9.17, 15) is 31.7 Å². The van der Waals surface area contributed by atoms with Crippen molar-refractivity contribution in [2.75, 3.05) is 23.7 Å². The van der Waals surface area contributed by atoms with Gasteiger partial charge in [0.1, 0.15) is 5.82 Å². The van der Waals surface area contributed by atoms with Crippen LogP contribution in [0.1, 0.15) is 40.1 Å². The molecule has 1 amide bonds. The Balaban J connectivity index is 1.46. The molecule has 40 heavy (non-hydrogen) atoms. The Kier molecular flexibility index (Phi) is 9.04. The number of benzene rings is 3. The van der Waals surface area contributed by atoms with Gasteiger partial charge in [-0.15, -0.1) is 0 Å². The van der Waals surface area contributed by atoms with Crippen LogP contribution in [0.4, 0.5) is 23.2 Å². The van der Waals surface area contributed by atoms with Crippen LogP contribution in [0.25, 0.3) is 0 Å². The fraction of sp³-hybridized carbons (Fsp3) is 0.286. The molecular weight excluding hydrogens is 591 g/mol. The Hall–Kier alpha value is -2.79. The fourth-order valence-corrected chi connectivity index (χ4v) is 6.31. The lowest BCUT2D eigenvalue weighted by molar-refractivity contribution is -0.140. The molecule has 212 valence electrons. The molecule has 1 aliphatic rings. The molecule has 3 aromatic rings. The Morgan fingerprint density at radius 3 is 2.33 bits per heavy atom. The number of anilines is 1. The summed E-state index contributed by atoms with van der Waals surface area (Å²) < 4.78 is 65.4. The predicted molar refractivity (Wildman–Crippen MR) is 147 cm³/mol. The summed E-state index contributed by atoms with van der Waals surface area (Å²) in [5, 5.41) is 0.596. The second-order valence-corrected chi connectivity index (χ2v) is 11.7. The second kappa shape index (κ2) is 12.0. The molecule has 0 spiro atoms. The largest absolute Gasteiger partial charge is 0.611 e. The van der Waals surface area contributed by atoms with Crippen molar-refractivity contribution < 1.29 is 31.7 Å². The van der Waals surface area contributed by atoms with Crippen molar-refractivity contribution in [2.45, 2.75) is 37.0 Å². The summed E-state index contributed by atoms with van der Waals surface area (Å²) in [6, 6.07) is 13.3. The van der Waals surface area contributed by atoms with Gasteiger partial charge < -0.3 is 14.4 Å². The molecule has 0 radical (unpaired) electrons. The summed E-state index contributed by atoms with van der Waals surface area (Å²) in [5.74, 6) is -3.33. The Labute approximate surface area is 241 Å². The third kappa shape index (κ3) is 6.40. The van der Waals surface area contributed by atoms with Crippen molar-refractivity contribution in [3.8, 4) is 0 Å². The number of rotatable bonds is 6. The van der Waals surface area contributed by atoms with Gasteiger partial charge in [-0.3, -0.25) is 9.59 Å². The monoisotopic (exact) mass is 614 g/mol. The number of carbonyl (C=O) groups excluding carboxylic acids is 2. The summed E-state index contributed by atoms with van der Waals surface area (Å²) in [5.41, 5.74) is -0.786. The first-order valence-corrected chi connectivity index (χ1v) is 14.3. The lowest BCUT2D eigenvalue weighted by atomic mass is 10.0. The van der Waals surface area contributed by atoms with E-state index in [0.717, 1.165) is 11.8 Å². The van der Waals surface area contributed by atoms with Crippen LogP contribution in [-0.4, -0.2) is 52.1 Å². The molecule has 3 aromatic carbocycles. The number of Topliss-reactive ketones (excluding diaryl/α,β-unsaturated/α-hetero) is 1. The highest BCUT2D eigenvalue weighted by atomic mass is 35.5. The van der Waals surface area contributed by atoms with E-state index in [0.29, 0.717) is 30.2 Å². The maximum Gasteiger partial charge on any atom is 0.419 e. The lowest BCUT2D eigenvalue weighted by Gasteiger charge is -2.46. The van der Waals surface area contributed by atoms with Crippen LogP contribution in [0.15, 0.2) is 65.6 Å². The molecule has 4 rings (SSSR count). The molecule has 12 heteroatoms. The number of piperazine rings is 1. The van der Waals surface area contributed by atoms with Gasteiger partial charge in [-0.1, -0.05) is 29.3 Å². The third-order valence-electron chi connectivity index (χ3n) is 6.94. The van der Waals surface area contributed by atoms with Crippen LogP contribution in [-0.2, 0) is 17.4 Å². The zero-order valence-corrected chi connectivity index (χ0v) is 23.7. The van der Waals surface area contributed by atoms with Gasteiger partial charge in [-0.2, -0.15) is 13.2 Å². The fourth-order valence-electron chi connectivity index (χ4n) is 4.63. The van der Waals surface area contributed by atoms with Gasteiger partial charge in [0, 0.05) is 47.0 Å². The number of hydrogen-bond donors (Lipinski definition) is 0. The molecule has 2 unspecified atom stereocenters. The lowest BCUT2D eigenvalue weighted by Crippen LogP contribution is -2.59. The van der Waals surface area contributed by atoms with Gasteiger partial charge in [0.2, 0.25) is 5.78 Å². The molecule has 1 aliphatic heterocycles. The van der Waals surface area contributed by atoms with E-state index in [4.69, 9.17) is 23.2 Å². The quantitative estimate of drug-likeness (QED) is 0.172. The summed E-state index contributed by atoms with van der Waals surface area (Å²) >= 11 is 10.5. The van der Waals surface area contributed by atoms with Gasteiger partial charge >= 0.3 is 6.18 Å². The van der Waals surface area contributed by atoms with Crippen molar-refractivity contribution in [3.05, 3.63) is 93.2 Å². The first-order chi connectivity index (χ1) is 18.8. The van der Waals surface area contributed by atoms with Gasteiger partial charge in [-0.05, 0) is 79.6 Å². The average molecular weight is 615 g/mol. The molecular formula is C28H24Cl2F4N2O3S. The van der Waals surface area contributed by atoms with Gasteiger partial charge in [0.05, 0.1) is 10.6 Å². The minimum Gasteiger partial charge on any atom is -0.611 e. The number of amides is 1. The molecule has 1 heterocycles. The Morgan fingerprint density at radius 1 is 0.975 bits per heavy atom. The van der Waals surface area contributed by atoms with E-state index in [1.165, 1.54) is 18.2 Å². The Morgan fingerprint density at radius 2 is 1.68 bits per heavy atom. The minimum absolute atomic E-state index is 0.0197. The van der Waals surface area contributed by atoms with Crippen molar-refractivity contribution in [1.82, 2.24) is 4.90 Å². The third-order valence-corrected chi connectivity index (χ3v) is 8.97. The highest BCUT2D eigenvalue weighted by molar-refractivity contribution is 7.92. The number of halogens is 6. The van der Waals surface area contributed by atoms with Crippen molar-refractivity contribution in [2.24, 2.45) is 0 Å². The maximum atomic E-state index is 13.6. The van der Waals surface area contributed by atoms with E-state index >= 15 is 0 Å². The number of hydrogen-bond acceptors (Lipinski definition) is 4. The summed E-state index contributed by atoms with van der Waals surface area (Å²) in [7, 11) is 0. The van der Waals surface area contributed by atoms with Crippen LogP contribution in [0, 0.1) is 5.82 Å². The number of ketones is 1. The number of alkyl halides is 3. The molecule has 0 bridgehead atoms. The molecule has 3 atom stereocenters. The zero-order valence-electron chi connectivity index (χ0n) is 21.3. The average Bonchev–Trinajstić information content (AvgIpc) is 2.89. The summed E-state index contributed by atoms with van der Waals surface area (Å²) in [6.45, 7) is 4.97. The molecule has 5 nitrogen and oxygen atoms in total. The van der Waals surface area contributed by atoms with Crippen LogP contribution >= 0.6 is 23.2 Å². The van der Waals surface area contributed by atoms with Gasteiger partial charge in [-0.25, -0.2) is 4.39 Å². The predicted octanol–water partition coefficient (Wildman–Crippen LogP) is 6.88. The topological polar surface area (TPSA) is 63.7 Å². The van der Waals surface area contributed by atoms with Crippen LogP contribution in [0.2, 0.25) is 10.0 Å². The smallest absolute Gasteiger partial charge is 0.419 e. The van der Waals surface area contributed by atoms with Gasteiger partial charge in [0.15, 0.2) is 10.6 Å². The summed E-state index contributed by atoms with van der Waals surface area (Å²) in [6.07, 6.45) is -4.98. The van der Waals surface area contributed by atoms with Crippen molar-refractivity contribution in [3.63, 3.8) is 0 Å². The van der Waals surface area contributed by atoms with Crippen molar-refractivity contribution in [1.29, 1.82) is 0 Å². The number of nitrogens with zero attached hydrogens (tertiary/aromatic N) is 2. The van der Waals surface area contributed by atoms with Crippen LogP contribution < -0.4 is 4.90 Å². The molecule has 1 saturated heterocycles. The first-order valence-electron chi connectivity index (χ1n) is 12.2. The second-order valence-electron chi connectivity index (χ2n) is 9.40. The normalized spacial score (nSPS) is 18.5. The molecule has 0 saturated carbocycles. The van der Waals surface area contributed by atoms with E-state index in [1.807, 2.05) is 32.0 Å². The highest BCUT2D eigenvalue weighted by Gasteiger charge is 2.36. The van der Waals surface area contributed by atoms with Crippen LogP contribution in [0.3, 0.4) is 0 Å². The van der Waals surface area contributed by atoms with Crippen molar-refractivity contribution >= 4 is 51.8 Å². The zero-order chi connectivity index (χ0) is 29.4.